The predicted octanol–water partition coefficient (Wildman–Crippen LogP) is 2.09. The van der Waals surface area contributed by atoms with Gasteiger partial charge in [-0.1, -0.05) is 18.5 Å². The van der Waals surface area contributed by atoms with Gasteiger partial charge in [-0.2, -0.15) is 10.2 Å². The predicted molar refractivity (Wildman–Crippen MR) is 75.0 cm³/mol. The standard InChI is InChI=1S/C12H16ClN5O/c1-4-5-18-12(19)11(13)9(6-14-18)15-10-7-17(3)16-8(10)2/h6-7,15H,4-5H2,1-3H3. The van der Waals surface area contributed by atoms with Crippen LogP contribution in [0.1, 0.15) is 19.0 Å². The van der Waals surface area contributed by atoms with Gasteiger partial charge in [-0.15, -0.1) is 0 Å². The van der Waals surface area contributed by atoms with Crippen molar-refractivity contribution in [1.82, 2.24) is 19.6 Å². The molecule has 0 saturated heterocycles. The van der Waals surface area contributed by atoms with E-state index in [1.54, 1.807) is 10.9 Å². The minimum atomic E-state index is -0.282. The SMILES string of the molecule is CCCn1ncc(Nc2cn(C)nc2C)c(Cl)c1=O. The molecule has 0 spiro atoms. The first-order chi connectivity index (χ1) is 9.02. The molecule has 0 aliphatic carbocycles. The van der Waals surface area contributed by atoms with Crippen LogP contribution in [0.2, 0.25) is 5.02 Å². The molecule has 0 aliphatic heterocycles. The van der Waals surface area contributed by atoms with Gasteiger partial charge in [-0.25, -0.2) is 4.68 Å². The van der Waals surface area contributed by atoms with E-state index >= 15 is 0 Å². The maximum Gasteiger partial charge on any atom is 0.287 e. The lowest BCUT2D eigenvalue weighted by molar-refractivity contribution is 0.569. The van der Waals surface area contributed by atoms with Crippen LogP contribution in [-0.4, -0.2) is 19.6 Å². The van der Waals surface area contributed by atoms with E-state index in [9.17, 15) is 4.79 Å². The van der Waals surface area contributed by atoms with Gasteiger partial charge in [0.25, 0.3) is 5.56 Å². The van der Waals surface area contributed by atoms with E-state index in [1.165, 1.54) is 4.68 Å². The minimum Gasteiger partial charge on any atom is -0.350 e. The molecule has 0 atom stereocenters. The lowest BCUT2D eigenvalue weighted by Crippen LogP contribution is -2.23. The fourth-order valence-electron chi connectivity index (χ4n) is 1.79. The number of rotatable bonds is 4. The highest BCUT2D eigenvalue weighted by Crippen LogP contribution is 2.22. The Labute approximate surface area is 116 Å². The van der Waals surface area contributed by atoms with Crippen LogP contribution in [0, 0.1) is 6.92 Å². The molecule has 6 nitrogen and oxygen atoms in total. The van der Waals surface area contributed by atoms with Crippen molar-refractivity contribution in [2.24, 2.45) is 7.05 Å². The Kier molecular flexibility index (Phi) is 3.90. The van der Waals surface area contributed by atoms with Crippen molar-refractivity contribution in [3.05, 3.63) is 33.5 Å². The molecular weight excluding hydrogens is 266 g/mol. The number of nitrogens with one attached hydrogen (secondary N) is 1. The highest BCUT2D eigenvalue weighted by atomic mass is 35.5. The summed E-state index contributed by atoms with van der Waals surface area (Å²) in [6.07, 6.45) is 4.22. The highest BCUT2D eigenvalue weighted by molar-refractivity contribution is 6.33. The van der Waals surface area contributed by atoms with Crippen LogP contribution >= 0.6 is 11.6 Å². The lowest BCUT2D eigenvalue weighted by atomic mass is 10.3. The second kappa shape index (κ2) is 5.44. The van der Waals surface area contributed by atoms with Gasteiger partial charge < -0.3 is 5.32 Å². The summed E-state index contributed by atoms with van der Waals surface area (Å²) in [5.41, 5.74) is 1.85. The molecular formula is C12H16ClN5O. The van der Waals surface area contributed by atoms with Gasteiger partial charge >= 0.3 is 0 Å². The summed E-state index contributed by atoms with van der Waals surface area (Å²) in [7, 11) is 1.83. The maximum atomic E-state index is 12.0. The molecule has 19 heavy (non-hydrogen) atoms. The zero-order chi connectivity index (χ0) is 14.0. The Balaban J connectivity index is 2.34. The molecule has 1 N–H and O–H groups in total. The normalized spacial score (nSPS) is 10.7. The summed E-state index contributed by atoms with van der Waals surface area (Å²) in [5.74, 6) is 0. The maximum absolute atomic E-state index is 12.0. The molecule has 0 aliphatic rings. The highest BCUT2D eigenvalue weighted by Gasteiger charge is 2.11. The number of anilines is 2. The molecule has 2 rings (SSSR count). The van der Waals surface area contributed by atoms with E-state index in [0.717, 1.165) is 17.8 Å². The molecule has 2 aromatic heterocycles. The fraction of sp³-hybridized carbons (Fsp3) is 0.417. The smallest absolute Gasteiger partial charge is 0.287 e. The quantitative estimate of drug-likeness (QED) is 0.932. The van der Waals surface area contributed by atoms with E-state index in [2.05, 4.69) is 15.5 Å². The number of nitrogens with zero attached hydrogens (tertiary/aromatic N) is 4. The van der Waals surface area contributed by atoms with E-state index in [4.69, 9.17) is 11.6 Å². The second-order valence-corrected chi connectivity index (χ2v) is 4.71. The molecule has 0 aromatic carbocycles. The fourth-order valence-corrected chi connectivity index (χ4v) is 1.98. The Morgan fingerprint density at radius 3 is 2.74 bits per heavy atom. The Morgan fingerprint density at radius 2 is 2.16 bits per heavy atom. The number of aromatic nitrogens is 4. The average molecular weight is 282 g/mol. The zero-order valence-electron chi connectivity index (χ0n) is 11.1. The van der Waals surface area contributed by atoms with Crippen LogP contribution in [0.3, 0.4) is 0 Å². The van der Waals surface area contributed by atoms with Gasteiger partial charge in [0.2, 0.25) is 0 Å². The molecule has 0 fully saturated rings. The second-order valence-electron chi connectivity index (χ2n) is 4.33. The van der Waals surface area contributed by atoms with Gasteiger partial charge in [-0.3, -0.25) is 9.48 Å². The Hall–Kier alpha value is -1.82. The number of hydrogen-bond acceptors (Lipinski definition) is 4. The van der Waals surface area contributed by atoms with Crippen molar-refractivity contribution in [1.29, 1.82) is 0 Å². The largest absolute Gasteiger partial charge is 0.350 e. The summed E-state index contributed by atoms with van der Waals surface area (Å²) in [6.45, 7) is 4.42. The van der Waals surface area contributed by atoms with Crippen molar-refractivity contribution in [3.8, 4) is 0 Å². The molecule has 0 saturated carbocycles. The summed E-state index contributed by atoms with van der Waals surface area (Å²) < 4.78 is 3.06. The molecule has 0 amide bonds. The summed E-state index contributed by atoms with van der Waals surface area (Å²) in [6, 6.07) is 0. The first-order valence-electron chi connectivity index (χ1n) is 6.05. The third kappa shape index (κ3) is 2.78. The molecule has 2 aromatic rings. The van der Waals surface area contributed by atoms with Gasteiger partial charge in [0.1, 0.15) is 5.02 Å². The molecule has 2 heterocycles. The van der Waals surface area contributed by atoms with Crippen molar-refractivity contribution in [2.45, 2.75) is 26.8 Å². The third-order valence-corrected chi connectivity index (χ3v) is 3.07. The van der Waals surface area contributed by atoms with Crippen molar-refractivity contribution < 1.29 is 0 Å². The summed E-state index contributed by atoms with van der Waals surface area (Å²) >= 11 is 6.08. The Morgan fingerprint density at radius 1 is 1.42 bits per heavy atom. The molecule has 0 bridgehead atoms. The molecule has 0 unspecified atom stereocenters. The monoisotopic (exact) mass is 281 g/mol. The van der Waals surface area contributed by atoms with E-state index in [0.29, 0.717) is 12.2 Å². The van der Waals surface area contributed by atoms with Crippen LogP contribution in [0.5, 0.6) is 0 Å². The van der Waals surface area contributed by atoms with Crippen molar-refractivity contribution in [3.63, 3.8) is 0 Å². The third-order valence-electron chi connectivity index (χ3n) is 2.70. The van der Waals surface area contributed by atoms with Crippen LogP contribution < -0.4 is 10.9 Å². The van der Waals surface area contributed by atoms with Crippen LogP contribution in [0.15, 0.2) is 17.2 Å². The van der Waals surface area contributed by atoms with Gasteiger partial charge in [0.15, 0.2) is 0 Å². The zero-order valence-corrected chi connectivity index (χ0v) is 11.9. The average Bonchev–Trinajstić information content (AvgIpc) is 2.67. The van der Waals surface area contributed by atoms with E-state index < -0.39 is 0 Å². The van der Waals surface area contributed by atoms with Crippen molar-refractivity contribution in [2.75, 3.05) is 5.32 Å². The van der Waals surface area contributed by atoms with Crippen molar-refractivity contribution >= 4 is 23.0 Å². The number of hydrogen-bond donors (Lipinski definition) is 1. The van der Waals surface area contributed by atoms with Gasteiger partial charge in [-0.05, 0) is 13.3 Å². The molecule has 102 valence electrons. The number of halogens is 1. The summed E-state index contributed by atoms with van der Waals surface area (Å²) in [5, 5.41) is 11.5. The van der Waals surface area contributed by atoms with Crippen LogP contribution in [-0.2, 0) is 13.6 Å². The van der Waals surface area contributed by atoms with E-state index in [-0.39, 0.29) is 10.6 Å². The first kappa shape index (κ1) is 13.6. The lowest BCUT2D eigenvalue weighted by Gasteiger charge is -2.08. The Bertz CT molecular complexity index is 646. The van der Waals surface area contributed by atoms with Crippen LogP contribution in [0.4, 0.5) is 11.4 Å². The van der Waals surface area contributed by atoms with Gasteiger partial charge in [0.05, 0.1) is 23.3 Å². The van der Waals surface area contributed by atoms with Crippen LogP contribution in [0.25, 0.3) is 0 Å². The van der Waals surface area contributed by atoms with Gasteiger partial charge in [0, 0.05) is 19.8 Å². The summed E-state index contributed by atoms with van der Waals surface area (Å²) in [4.78, 5) is 12.0. The topological polar surface area (TPSA) is 64.7 Å². The molecule has 7 heteroatoms. The minimum absolute atomic E-state index is 0.145. The first-order valence-corrected chi connectivity index (χ1v) is 6.43. The van der Waals surface area contributed by atoms with E-state index in [1.807, 2.05) is 27.1 Å². The molecule has 0 radical (unpaired) electrons. The number of aryl methyl sites for hydroxylation is 3.